The lowest BCUT2D eigenvalue weighted by Gasteiger charge is -2.18. The first-order chi connectivity index (χ1) is 27.2. The number of amides is 1. The summed E-state index contributed by atoms with van der Waals surface area (Å²) in [6.45, 7) is 7.16. The van der Waals surface area contributed by atoms with Gasteiger partial charge in [0.15, 0.2) is 0 Å². The number of rotatable bonds is 18. The Morgan fingerprint density at radius 2 is 1.64 bits per heavy atom. The SMILES string of the molecule is Cc1c(COc2cc(OCc3cncc(C#N)c3)c(CNCCCC(=O)O)cc2Cl)cccc1-c1cccc(-c2ccc(CNC[C@@H]3CCC(=O)N3)cc2)c1C. The Balaban J connectivity index is 1.15. The molecule has 288 valence electrons. The van der Waals surface area contributed by atoms with Crippen molar-refractivity contribution in [3.63, 3.8) is 0 Å². The molecule has 1 aromatic heterocycles. The van der Waals surface area contributed by atoms with Crippen LogP contribution in [0.3, 0.4) is 0 Å². The molecule has 1 aliphatic heterocycles. The number of carbonyl (C=O) groups is 2. The van der Waals surface area contributed by atoms with Crippen LogP contribution < -0.4 is 25.4 Å². The van der Waals surface area contributed by atoms with E-state index in [1.165, 1.54) is 22.9 Å². The molecule has 0 unspecified atom stereocenters. The molecule has 0 saturated carbocycles. The molecule has 2 heterocycles. The van der Waals surface area contributed by atoms with Gasteiger partial charge in [-0.1, -0.05) is 72.3 Å². The van der Waals surface area contributed by atoms with Crippen molar-refractivity contribution in [2.75, 3.05) is 13.1 Å². The second-order valence-corrected chi connectivity index (χ2v) is 14.4. The summed E-state index contributed by atoms with van der Waals surface area (Å²) in [6, 6.07) is 28.9. The van der Waals surface area contributed by atoms with Crippen LogP contribution in [0.25, 0.3) is 22.3 Å². The Hall–Kier alpha value is -5.73. The third-order valence-electron chi connectivity index (χ3n) is 10.0. The third-order valence-corrected chi connectivity index (χ3v) is 10.3. The maximum absolute atomic E-state index is 11.5. The van der Waals surface area contributed by atoms with E-state index in [1.807, 2.05) is 6.07 Å². The molecule has 1 amide bonds. The molecule has 1 atom stereocenters. The number of pyridine rings is 1. The van der Waals surface area contributed by atoms with Gasteiger partial charge < -0.3 is 30.5 Å². The van der Waals surface area contributed by atoms with Crippen molar-refractivity contribution >= 4 is 23.5 Å². The van der Waals surface area contributed by atoms with Crippen molar-refractivity contribution in [1.82, 2.24) is 20.9 Å². The van der Waals surface area contributed by atoms with E-state index in [2.05, 4.69) is 95.4 Å². The molecule has 56 heavy (non-hydrogen) atoms. The number of hydrogen-bond acceptors (Lipinski definition) is 8. The van der Waals surface area contributed by atoms with Gasteiger partial charge in [0.1, 0.15) is 30.8 Å². The van der Waals surface area contributed by atoms with Crippen LogP contribution in [0.15, 0.2) is 91.3 Å². The highest BCUT2D eigenvalue weighted by Crippen LogP contribution is 2.37. The first-order valence-electron chi connectivity index (χ1n) is 18.8. The highest BCUT2D eigenvalue weighted by atomic mass is 35.5. The summed E-state index contributed by atoms with van der Waals surface area (Å²) in [6.07, 6.45) is 5.22. The largest absolute Gasteiger partial charge is 0.488 e. The fraction of sp³-hybridized carbons (Fsp3) is 0.289. The maximum Gasteiger partial charge on any atom is 0.303 e. The van der Waals surface area contributed by atoms with Crippen molar-refractivity contribution in [2.24, 2.45) is 0 Å². The molecule has 4 N–H and O–H groups in total. The summed E-state index contributed by atoms with van der Waals surface area (Å²) < 4.78 is 12.6. The zero-order valence-corrected chi connectivity index (χ0v) is 32.4. The molecule has 10 nitrogen and oxygen atoms in total. The molecule has 11 heteroatoms. The van der Waals surface area contributed by atoms with Gasteiger partial charge in [0, 0.05) is 68.1 Å². The molecular weight excluding hydrogens is 726 g/mol. The highest BCUT2D eigenvalue weighted by molar-refractivity contribution is 6.32. The number of ether oxygens (including phenoxy) is 2. The normalized spacial score (nSPS) is 13.6. The number of benzene rings is 4. The number of carbonyl (C=O) groups excluding carboxylic acids is 1. The average Bonchev–Trinajstić information content (AvgIpc) is 3.62. The van der Waals surface area contributed by atoms with Crippen molar-refractivity contribution in [3.8, 4) is 39.8 Å². The number of aliphatic carboxylic acids is 1. The Morgan fingerprint density at radius 1 is 0.893 bits per heavy atom. The number of aromatic nitrogens is 1. The molecule has 4 aromatic carbocycles. The zero-order chi connectivity index (χ0) is 39.4. The van der Waals surface area contributed by atoms with Crippen LogP contribution in [0.4, 0.5) is 0 Å². The number of nitrogens with one attached hydrogen (secondary N) is 3. The Bertz CT molecular complexity index is 2220. The number of carboxylic acid groups (broad SMARTS) is 1. The molecule has 0 aliphatic carbocycles. The van der Waals surface area contributed by atoms with Gasteiger partial charge in [-0.3, -0.25) is 14.6 Å². The molecule has 1 aliphatic rings. The number of carboxylic acids is 1. The van der Waals surface area contributed by atoms with Gasteiger partial charge in [-0.25, -0.2) is 0 Å². The van der Waals surface area contributed by atoms with Crippen LogP contribution in [0.1, 0.15) is 64.6 Å². The molecule has 0 spiro atoms. The van der Waals surface area contributed by atoms with Crippen LogP contribution in [-0.2, 0) is 35.9 Å². The first kappa shape index (κ1) is 39.9. The van der Waals surface area contributed by atoms with E-state index in [4.69, 9.17) is 26.2 Å². The number of hydrogen-bond donors (Lipinski definition) is 4. The molecular formula is C45H46ClN5O5. The third kappa shape index (κ3) is 10.5. The maximum atomic E-state index is 11.5. The highest BCUT2D eigenvalue weighted by Gasteiger charge is 2.20. The van der Waals surface area contributed by atoms with Crippen molar-refractivity contribution in [1.29, 1.82) is 5.26 Å². The predicted molar refractivity (Wildman–Crippen MR) is 217 cm³/mol. The number of nitrogens with zero attached hydrogens (tertiary/aromatic N) is 2. The number of halogens is 1. The summed E-state index contributed by atoms with van der Waals surface area (Å²) >= 11 is 6.79. The van der Waals surface area contributed by atoms with Crippen LogP contribution >= 0.6 is 11.6 Å². The van der Waals surface area contributed by atoms with Gasteiger partial charge >= 0.3 is 5.97 Å². The molecule has 5 aromatic rings. The van der Waals surface area contributed by atoms with E-state index in [0.717, 1.165) is 58.5 Å². The van der Waals surface area contributed by atoms with Gasteiger partial charge in [0.2, 0.25) is 5.91 Å². The van der Waals surface area contributed by atoms with Gasteiger partial charge in [-0.2, -0.15) is 5.26 Å². The molecule has 1 saturated heterocycles. The Morgan fingerprint density at radius 3 is 2.39 bits per heavy atom. The quantitative estimate of drug-likeness (QED) is 0.0651. The molecule has 0 bridgehead atoms. The second-order valence-electron chi connectivity index (χ2n) is 14.0. The van der Waals surface area contributed by atoms with Crippen LogP contribution in [0.5, 0.6) is 11.5 Å². The van der Waals surface area contributed by atoms with Crippen molar-refractivity contribution in [3.05, 3.63) is 135 Å². The predicted octanol–water partition coefficient (Wildman–Crippen LogP) is 8.04. The van der Waals surface area contributed by atoms with Crippen LogP contribution in [0.2, 0.25) is 5.02 Å². The summed E-state index contributed by atoms with van der Waals surface area (Å²) in [7, 11) is 0. The molecule has 0 radical (unpaired) electrons. The van der Waals surface area contributed by atoms with Gasteiger partial charge in [-0.15, -0.1) is 0 Å². The van der Waals surface area contributed by atoms with E-state index in [9.17, 15) is 14.9 Å². The van der Waals surface area contributed by atoms with Crippen molar-refractivity contribution < 1.29 is 24.2 Å². The standard InChI is InChI=1S/C45H46ClN5O5/c1-29-35(28-56-43-20-42(55-27-33-18-32(21-47)23-49-24-33)36(19-41(43)46)25-48-17-5-10-45(53)54)6-3-8-39(29)40-9-4-7-38(30(40)2)34-13-11-31(12-14-34)22-50-26-37-15-16-44(52)51-37/h3-4,6-9,11-14,18-20,23-24,37,48,50H,5,10,15-17,22,25-28H2,1-2H3,(H,51,52)(H,53,54)/t37-/m0/s1. The van der Waals surface area contributed by atoms with E-state index in [0.29, 0.717) is 48.0 Å². The number of nitriles is 1. The topological polar surface area (TPSA) is 146 Å². The first-order valence-corrected chi connectivity index (χ1v) is 19.2. The van der Waals surface area contributed by atoms with E-state index in [1.54, 1.807) is 24.4 Å². The minimum atomic E-state index is -0.835. The fourth-order valence-corrected chi connectivity index (χ4v) is 7.13. The molecule has 1 fully saturated rings. The summed E-state index contributed by atoms with van der Waals surface area (Å²) in [5, 5.41) is 28.5. The lowest BCUT2D eigenvalue weighted by Crippen LogP contribution is -2.35. The van der Waals surface area contributed by atoms with Crippen molar-refractivity contribution in [2.45, 2.75) is 71.9 Å². The van der Waals surface area contributed by atoms with Crippen LogP contribution in [-0.4, -0.2) is 41.1 Å². The van der Waals surface area contributed by atoms with Gasteiger partial charge in [-0.05, 0) is 89.9 Å². The summed E-state index contributed by atoms with van der Waals surface area (Å²) in [5.74, 6) is 0.318. The lowest BCUT2D eigenvalue weighted by molar-refractivity contribution is -0.137. The summed E-state index contributed by atoms with van der Waals surface area (Å²) in [5.41, 5.74) is 11.1. The Labute approximate surface area is 332 Å². The zero-order valence-electron chi connectivity index (χ0n) is 31.7. The fourth-order valence-electron chi connectivity index (χ4n) is 6.89. The van der Waals surface area contributed by atoms with E-state index in [-0.39, 0.29) is 31.6 Å². The smallest absolute Gasteiger partial charge is 0.303 e. The lowest BCUT2D eigenvalue weighted by atomic mass is 9.89. The second kappa shape index (κ2) is 19.2. The van der Waals surface area contributed by atoms with Gasteiger partial charge in [0.05, 0.1) is 10.6 Å². The van der Waals surface area contributed by atoms with E-state index >= 15 is 0 Å². The van der Waals surface area contributed by atoms with Crippen LogP contribution in [0, 0.1) is 25.2 Å². The molecule has 6 rings (SSSR count). The van der Waals surface area contributed by atoms with Gasteiger partial charge in [0.25, 0.3) is 0 Å². The minimum Gasteiger partial charge on any atom is -0.488 e. The monoisotopic (exact) mass is 771 g/mol. The van der Waals surface area contributed by atoms with E-state index < -0.39 is 5.97 Å². The average molecular weight is 772 g/mol. The summed E-state index contributed by atoms with van der Waals surface area (Å²) in [4.78, 5) is 26.6. The minimum absolute atomic E-state index is 0.0785. The Kier molecular flexibility index (Phi) is 13.7.